The molecule has 4 heteroatoms. The lowest BCUT2D eigenvalue weighted by Gasteiger charge is -2.35. The normalized spacial score (nSPS) is 28.7. The highest BCUT2D eigenvalue weighted by molar-refractivity contribution is 5.83. The van der Waals surface area contributed by atoms with Crippen molar-refractivity contribution in [2.24, 2.45) is 22.5 Å². The summed E-state index contributed by atoms with van der Waals surface area (Å²) in [5.41, 5.74) is 5.96. The van der Waals surface area contributed by atoms with Crippen molar-refractivity contribution in [3.05, 3.63) is 0 Å². The molecule has 102 valence electrons. The minimum absolute atomic E-state index is 0.167. The van der Waals surface area contributed by atoms with Crippen LogP contribution < -0.4 is 11.1 Å². The Kier molecular flexibility index (Phi) is 3.10. The highest BCUT2D eigenvalue weighted by Crippen LogP contribution is 2.60. The minimum atomic E-state index is -0.363. The molecule has 0 aromatic rings. The Balaban J connectivity index is 1.56. The molecule has 2 saturated carbocycles. The Morgan fingerprint density at radius 1 is 1.22 bits per heavy atom. The van der Waals surface area contributed by atoms with Gasteiger partial charge in [0.15, 0.2) is 0 Å². The van der Waals surface area contributed by atoms with E-state index >= 15 is 0 Å². The third-order valence-electron chi connectivity index (χ3n) is 5.26. The number of carbonyl (C=O) groups is 1. The van der Waals surface area contributed by atoms with Gasteiger partial charge in [-0.15, -0.1) is 0 Å². The molecule has 0 bridgehead atoms. The standard InChI is InChI=1S/C14H24N2O2/c15-9-13(5-7-18-8-6-13)12(17)16-10-14(3-4-14)11-1-2-11/h11H,1-10,15H2,(H,16,17). The summed E-state index contributed by atoms with van der Waals surface area (Å²) in [4.78, 5) is 12.4. The van der Waals surface area contributed by atoms with E-state index in [4.69, 9.17) is 10.5 Å². The maximum absolute atomic E-state index is 12.4. The number of nitrogens with two attached hydrogens (primary N) is 1. The zero-order chi connectivity index (χ0) is 12.6. The monoisotopic (exact) mass is 252 g/mol. The quantitative estimate of drug-likeness (QED) is 0.768. The molecule has 18 heavy (non-hydrogen) atoms. The third-order valence-corrected chi connectivity index (χ3v) is 5.26. The fourth-order valence-corrected chi connectivity index (χ4v) is 3.32. The van der Waals surface area contributed by atoms with Crippen molar-refractivity contribution in [1.82, 2.24) is 5.32 Å². The molecule has 2 aliphatic carbocycles. The second-order valence-corrected chi connectivity index (χ2v) is 6.42. The molecule has 3 aliphatic rings. The van der Waals surface area contributed by atoms with Crippen LogP contribution in [0.3, 0.4) is 0 Å². The number of hydrogen-bond acceptors (Lipinski definition) is 3. The summed E-state index contributed by atoms with van der Waals surface area (Å²) in [6.07, 6.45) is 6.88. The second-order valence-electron chi connectivity index (χ2n) is 6.42. The van der Waals surface area contributed by atoms with E-state index in [9.17, 15) is 4.79 Å². The molecule has 3 fully saturated rings. The molecule has 3 N–H and O–H groups in total. The van der Waals surface area contributed by atoms with E-state index in [2.05, 4.69) is 5.32 Å². The molecular weight excluding hydrogens is 228 g/mol. The van der Waals surface area contributed by atoms with Crippen LogP contribution in [0.5, 0.6) is 0 Å². The van der Waals surface area contributed by atoms with E-state index in [-0.39, 0.29) is 11.3 Å². The fraction of sp³-hybridized carbons (Fsp3) is 0.929. The van der Waals surface area contributed by atoms with Crippen LogP contribution in [-0.4, -0.2) is 32.2 Å². The highest BCUT2D eigenvalue weighted by Gasteiger charge is 2.54. The maximum Gasteiger partial charge on any atom is 0.227 e. The summed E-state index contributed by atoms with van der Waals surface area (Å²) in [7, 11) is 0. The lowest BCUT2D eigenvalue weighted by Crippen LogP contribution is -2.50. The van der Waals surface area contributed by atoms with Crippen LogP contribution in [-0.2, 0) is 9.53 Å². The largest absolute Gasteiger partial charge is 0.381 e. The first-order valence-electron chi connectivity index (χ1n) is 7.27. The molecule has 1 heterocycles. The van der Waals surface area contributed by atoms with Crippen molar-refractivity contribution in [1.29, 1.82) is 0 Å². The Hall–Kier alpha value is -0.610. The molecule has 0 atom stereocenters. The van der Waals surface area contributed by atoms with Crippen LogP contribution in [0.1, 0.15) is 38.5 Å². The van der Waals surface area contributed by atoms with Gasteiger partial charge >= 0.3 is 0 Å². The van der Waals surface area contributed by atoms with E-state index in [1.54, 1.807) is 0 Å². The number of hydrogen-bond donors (Lipinski definition) is 2. The van der Waals surface area contributed by atoms with E-state index in [1.807, 2.05) is 0 Å². The topological polar surface area (TPSA) is 64.4 Å². The zero-order valence-corrected chi connectivity index (χ0v) is 11.0. The number of amides is 1. The van der Waals surface area contributed by atoms with Crippen LogP contribution in [0.2, 0.25) is 0 Å². The van der Waals surface area contributed by atoms with Gasteiger partial charge in [0.1, 0.15) is 0 Å². The molecule has 1 saturated heterocycles. The average Bonchev–Trinajstić information content (AvgIpc) is 3.29. The molecule has 0 radical (unpaired) electrons. The molecule has 1 aliphatic heterocycles. The van der Waals surface area contributed by atoms with Crippen molar-refractivity contribution in [2.75, 3.05) is 26.3 Å². The van der Waals surface area contributed by atoms with Gasteiger partial charge in [0.2, 0.25) is 5.91 Å². The predicted octanol–water partition coefficient (Wildman–Crippen LogP) is 1.05. The van der Waals surface area contributed by atoms with E-state index < -0.39 is 0 Å². The van der Waals surface area contributed by atoms with Crippen LogP contribution in [0.25, 0.3) is 0 Å². The summed E-state index contributed by atoms with van der Waals surface area (Å²) in [5, 5.41) is 3.19. The predicted molar refractivity (Wildman–Crippen MR) is 68.9 cm³/mol. The summed E-state index contributed by atoms with van der Waals surface area (Å²) in [6, 6.07) is 0. The second kappa shape index (κ2) is 4.49. The van der Waals surface area contributed by atoms with Crippen molar-refractivity contribution < 1.29 is 9.53 Å². The highest BCUT2D eigenvalue weighted by atomic mass is 16.5. The lowest BCUT2D eigenvalue weighted by molar-refractivity contribution is -0.136. The molecule has 1 amide bonds. The molecule has 0 aromatic heterocycles. The van der Waals surface area contributed by atoms with Gasteiger partial charge in [-0.25, -0.2) is 0 Å². The Morgan fingerprint density at radius 3 is 2.39 bits per heavy atom. The number of carbonyl (C=O) groups excluding carboxylic acids is 1. The Morgan fingerprint density at radius 2 is 1.89 bits per heavy atom. The van der Waals surface area contributed by atoms with Crippen molar-refractivity contribution in [3.63, 3.8) is 0 Å². The van der Waals surface area contributed by atoms with E-state index in [1.165, 1.54) is 25.7 Å². The number of ether oxygens (including phenoxy) is 1. The smallest absolute Gasteiger partial charge is 0.227 e. The van der Waals surface area contributed by atoms with Crippen molar-refractivity contribution in [3.8, 4) is 0 Å². The van der Waals surface area contributed by atoms with Crippen LogP contribution in [0.4, 0.5) is 0 Å². The van der Waals surface area contributed by atoms with E-state index in [0.29, 0.717) is 25.2 Å². The Bertz CT molecular complexity index is 329. The molecule has 0 spiro atoms. The van der Waals surface area contributed by atoms with Crippen LogP contribution in [0.15, 0.2) is 0 Å². The van der Waals surface area contributed by atoms with Gasteiger partial charge in [-0.2, -0.15) is 0 Å². The molecular formula is C14H24N2O2. The fourth-order valence-electron chi connectivity index (χ4n) is 3.32. The number of rotatable bonds is 5. The number of nitrogens with one attached hydrogen (secondary N) is 1. The first-order chi connectivity index (χ1) is 8.71. The molecule has 0 aromatic carbocycles. The summed E-state index contributed by atoms with van der Waals surface area (Å²) in [6.45, 7) is 2.65. The van der Waals surface area contributed by atoms with E-state index in [0.717, 1.165) is 25.3 Å². The van der Waals surface area contributed by atoms with Gasteiger partial charge in [0.05, 0.1) is 5.41 Å². The Labute approximate surface area is 109 Å². The molecule has 4 nitrogen and oxygen atoms in total. The SMILES string of the molecule is NCC1(C(=O)NCC2(C3CC3)CC2)CCOCC1. The van der Waals surface area contributed by atoms with Gasteiger partial charge in [0.25, 0.3) is 0 Å². The third kappa shape index (κ3) is 2.16. The first kappa shape index (κ1) is 12.4. The van der Waals surface area contributed by atoms with Gasteiger partial charge in [-0.05, 0) is 49.9 Å². The van der Waals surface area contributed by atoms with Crippen LogP contribution >= 0.6 is 0 Å². The van der Waals surface area contributed by atoms with Crippen LogP contribution in [0, 0.1) is 16.7 Å². The minimum Gasteiger partial charge on any atom is -0.381 e. The molecule has 3 rings (SSSR count). The average molecular weight is 252 g/mol. The maximum atomic E-state index is 12.4. The van der Waals surface area contributed by atoms with Gasteiger partial charge in [-0.3, -0.25) is 4.79 Å². The lowest BCUT2D eigenvalue weighted by atomic mass is 9.79. The molecule has 0 unspecified atom stereocenters. The first-order valence-corrected chi connectivity index (χ1v) is 7.27. The van der Waals surface area contributed by atoms with Crippen molar-refractivity contribution in [2.45, 2.75) is 38.5 Å². The zero-order valence-electron chi connectivity index (χ0n) is 11.0. The van der Waals surface area contributed by atoms with Gasteiger partial charge in [0, 0.05) is 26.3 Å². The van der Waals surface area contributed by atoms with Gasteiger partial charge < -0.3 is 15.8 Å². The summed E-state index contributed by atoms with van der Waals surface area (Å²) >= 11 is 0. The summed E-state index contributed by atoms with van der Waals surface area (Å²) in [5.74, 6) is 1.06. The van der Waals surface area contributed by atoms with Crippen molar-refractivity contribution >= 4 is 5.91 Å². The summed E-state index contributed by atoms with van der Waals surface area (Å²) < 4.78 is 5.35. The van der Waals surface area contributed by atoms with Gasteiger partial charge in [-0.1, -0.05) is 0 Å².